The van der Waals surface area contributed by atoms with E-state index in [9.17, 15) is 19.2 Å². The van der Waals surface area contributed by atoms with Crippen LogP contribution in [0.25, 0.3) is 5.69 Å². The summed E-state index contributed by atoms with van der Waals surface area (Å²) in [5, 5.41) is 4.45. The number of nitrogen functional groups attached to an aromatic ring is 1. The summed E-state index contributed by atoms with van der Waals surface area (Å²) in [7, 11) is 1.51. The summed E-state index contributed by atoms with van der Waals surface area (Å²) >= 11 is 0. The smallest absolute Gasteiger partial charge is 0.330 e. The van der Waals surface area contributed by atoms with Crippen molar-refractivity contribution in [3.05, 3.63) is 68.1 Å². The molecular weight excluding hydrogens is 464 g/mol. The Hall–Kier alpha value is -3.99. The minimum absolute atomic E-state index is 0.0174. The van der Waals surface area contributed by atoms with Crippen LogP contribution in [0.1, 0.15) is 42.0 Å². The van der Waals surface area contributed by atoms with Gasteiger partial charge in [0.2, 0.25) is 0 Å². The molecule has 1 amide bonds. The molecule has 0 aliphatic rings. The SMILES string of the molecule is COCCCN(C(=O)C(=O)c1c(C)nn(-c2ccccc2)c1C)c1c(N)n(CC(C)C)c(=O)[nH]c1=O. The molecule has 3 aromatic rings. The van der Waals surface area contributed by atoms with Gasteiger partial charge in [0.15, 0.2) is 5.69 Å². The minimum Gasteiger partial charge on any atom is -0.385 e. The lowest BCUT2D eigenvalue weighted by molar-refractivity contribution is -0.114. The van der Waals surface area contributed by atoms with E-state index in [1.807, 2.05) is 44.2 Å². The van der Waals surface area contributed by atoms with E-state index >= 15 is 0 Å². The lowest BCUT2D eigenvalue weighted by Gasteiger charge is -2.24. The third kappa shape index (κ3) is 5.30. The zero-order valence-corrected chi connectivity index (χ0v) is 21.2. The van der Waals surface area contributed by atoms with Crippen molar-refractivity contribution in [1.29, 1.82) is 0 Å². The maximum absolute atomic E-state index is 13.6. The van der Waals surface area contributed by atoms with Crippen LogP contribution in [0, 0.1) is 19.8 Å². The van der Waals surface area contributed by atoms with Crippen molar-refractivity contribution in [2.75, 3.05) is 30.9 Å². The Labute approximate surface area is 208 Å². The van der Waals surface area contributed by atoms with Crippen molar-refractivity contribution in [2.24, 2.45) is 5.92 Å². The molecule has 0 atom stereocenters. The summed E-state index contributed by atoms with van der Waals surface area (Å²) in [6.45, 7) is 7.61. The first kappa shape index (κ1) is 26.6. The van der Waals surface area contributed by atoms with Crippen molar-refractivity contribution in [3.8, 4) is 5.69 Å². The molecule has 0 aliphatic heterocycles. The van der Waals surface area contributed by atoms with Crippen molar-refractivity contribution in [1.82, 2.24) is 19.3 Å². The molecule has 3 rings (SSSR count). The predicted molar refractivity (Wildman–Crippen MR) is 137 cm³/mol. The van der Waals surface area contributed by atoms with E-state index < -0.39 is 22.9 Å². The number of aryl methyl sites for hydroxylation is 1. The minimum atomic E-state index is -0.947. The van der Waals surface area contributed by atoms with Gasteiger partial charge in [-0.15, -0.1) is 0 Å². The average molecular weight is 497 g/mol. The van der Waals surface area contributed by atoms with Crippen LogP contribution < -0.4 is 21.9 Å². The van der Waals surface area contributed by atoms with E-state index in [0.717, 1.165) is 10.6 Å². The number of hydrogen-bond donors (Lipinski definition) is 2. The number of rotatable bonds is 10. The number of nitrogens with two attached hydrogens (primary N) is 1. The summed E-state index contributed by atoms with van der Waals surface area (Å²) < 4.78 is 7.88. The Balaban J connectivity index is 2.10. The Morgan fingerprint density at radius 1 is 1.17 bits per heavy atom. The first-order chi connectivity index (χ1) is 17.1. The van der Waals surface area contributed by atoms with Crippen LogP contribution in [0.4, 0.5) is 11.5 Å². The number of Topliss-reactive ketones (excluding diaryl/α,β-unsaturated/α-hetero) is 1. The van der Waals surface area contributed by atoms with Gasteiger partial charge in [-0.05, 0) is 38.3 Å². The van der Waals surface area contributed by atoms with Gasteiger partial charge in [0.25, 0.3) is 17.2 Å². The topological polar surface area (TPSA) is 145 Å². The van der Waals surface area contributed by atoms with Crippen LogP contribution in [0.2, 0.25) is 0 Å². The summed E-state index contributed by atoms with van der Waals surface area (Å²) in [6.07, 6.45) is 0.332. The number of para-hydroxylation sites is 1. The molecule has 11 heteroatoms. The average Bonchev–Trinajstić information content (AvgIpc) is 3.14. The zero-order valence-electron chi connectivity index (χ0n) is 21.2. The molecule has 2 heterocycles. The second-order valence-electron chi connectivity index (χ2n) is 8.92. The Morgan fingerprint density at radius 3 is 2.44 bits per heavy atom. The molecule has 3 N–H and O–H groups in total. The monoisotopic (exact) mass is 496 g/mol. The number of carbonyl (C=O) groups is 2. The van der Waals surface area contributed by atoms with Crippen LogP contribution in [-0.4, -0.2) is 51.3 Å². The molecule has 0 unspecified atom stereocenters. The molecule has 1 aromatic carbocycles. The molecule has 36 heavy (non-hydrogen) atoms. The van der Waals surface area contributed by atoms with E-state index in [1.165, 1.54) is 11.7 Å². The second kappa shape index (κ2) is 11.2. The lowest BCUT2D eigenvalue weighted by Crippen LogP contribution is -2.44. The predicted octanol–water partition coefficient (Wildman–Crippen LogP) is 1.83. The number of nitrogens with one attached hydrogen (secondary N) is 1. The number of amides is 1. The van der Waals surface area contributed by atoms with Crippen molar-refractivity contribution >= 4 is 23.2 Å². The molecule has 0 aliphatic carbocycles. The number of methoxy groups -OCH3 is 1. The number of carbonyl (C=O) groups excluding carboxylic acids is 2. The van der Waals surface area contributed by atoms with E-state index in [0.29, 0.717) is 17.8 Å². The van der Waals surface area contributed by atoms with Crippen LogP contribution >= 0.6 is 0 Å². The van der Waals surface area contributed by atoms with E-state index in [4.69, 9.17) is 10.5 Å². The normalized spacial score (nSPS) is 11.2. The second-order valence-corrected chi connectivity index (χ2v) is 8.92. The van der Waals surface area contributed by atoms with Crippen LogP contribution in [0.5, 0.6) is 0 Å². The van der Waals surface area contributed by atoms with E-state index in [-0.39, 0.29) is 42.7 Å². The maximum atomic E-state index is 13.6. The zero-order chi connectivity index (χ0) is 26.6. The largest absolute Gasteiger partial charge is 0.385 e. The molecule has 0 spiro atoms. The highest BCUT2D eigenvalue weighted by molar-refractivity contribution is 6.47. The van der Waals surface area contributed by atoms with Gasteiger partial charge in [0, 0.05) is 26.8 Å². The molecule has 11 nitrogen and oxygen atoms in total. The Bertz CT molecular complexity index is 1370. The lowest BCUT2D eigenvalue weighted by atomic mass is 10.1. The first-order valence-corrected chi connectivity index (χ1v) is 11.7. The number of ketones is 1. The number of H-pyrrole nitrogens is 1. The fourth-order valence-electron chi connectivity index (χ4n) is 4.09. The highest BCUT2D eigenvalue weighted by atomic mass is 16.5. The Kier molecular flexibility index (Phi) is 8.25. The van der Waals surface area contributed by atoms with Crippen molar-refractivity contribution in [3.63, 3.8) is 0 Å². The number of hydrogen-bond acceptors (Lipinski definition) is 7. The molecule has 0 saturated heterocycles. The number of anilines is 2. The van der Waals surface area contributed by atoms with E-state index in [2.05, 4.69) is 10.1 Å². The van der Waals surface area contributed by atoms with E-state index in [1.54, 1.807) is 18.5 Å². The first-order valence-electron chi connectivity index (χ1n) is 11.7. The van der Waals surface area contributed by atoms with Gasteiger partial charge < -0.3 is 10.5 Å². The number of nitrogens with zero attached hydrogens (tertiary/aromatic N) is 4. The molecule has 0 bridgehead atoms. The van der Waals surface area contributed by atoms with Crippen molar-refractivity contribution in [2.45, 2.75) is 40.7 Å². The molecule has 0 fully saturated rings. The van der Waals surface area contributed by atoms with Crippen molar-refractivity contribution < 1.29 is 14.3 Å². The summed E-state index contributed by atoms with van der Waals surface area (Å²) in [5.41, 5.74) is 6.23. The van der Waals surface area contributed by atoms with Gasteiger partial charge >= 0.3 is 5.69 Å². The maximum Gasteiger partial charge on any atom is 0.330 e. The van der Waals surface area contributed by atoms with Gasteiger partial charge in [0.1, 0.15) is 5.82 Å². The number of benzene rings is 1. The van der Waals surface area contributed by atoms with Crippen LogP contribution in [0.15, 0.2) is 39.9 Å². The van der Waals surface area contributed by atoms with Gasteiger partial charge in [-0.1, -0.05) is 32.0 Å². The highest BCUT2D eigenvalue weighted by Gasteiger charge is 2.32. The standard InChI is InChI=1S/C25H32N6O5/c1-15(2)14-30-22(26)20(23(33)27-25(30)35)29(12-9-13-36-5)24(34)21(32)19-16(3)28-31(17(19)4)18-10-7-6-8-11-18/h6-8,10-11,15H,9,12-14,26H2,1-5H3,(H,27,33,35). The molecular formula is C25H32N6O5. The van der Waals surface area contributed by atoms with Gasteiger partial charge in [-0.25, -0.2) is 9.48 Å². The number of ether oxygens (including phenoxy) is 1. The third-order valence-corrected chi connectivity index (χ3v) is 5.72. The summed E-state index contributed by atoms with van der Waals surface area (Å²) in [6, 6.07) is 9.23. The van der Waals surface area contributed by atoms with Gasteiger partial charge in [-0.2, -0.15) is 5.10 Å². The number of aromatic nitrogens is 4. The Morgan fingerprint density at radius 2 is 1.83 bits per heavy atom. The quantitative estimate of drug-likeness (QED) is 0.247. The summed E-state index contributed by atoms with van der Waals surface area (Å²) in [4.78, 5) is 55.7. The van der Waals surface area contributed by atoms with Gasteiger partial charge in [0.05, 0.1) is 22.6 Å². The van der Waals surface area contributed by atoms with Crippen LogP contribution in [-0.2, 0) is 16.1 Å². The molecule has 2 aromatic heterocycles. The molecule has 0 saturated carbocycles. The summed E-state index contributed by atoms with van der Waals surface area (Å²) in [5.74, 6) is -1.91. The third-order valence-electron chi connectivity index (χ3n) is 5.72. The fourth-order valence-corrected chi connectivity index (χ4v) is 4.09. The number of aromatic amines is 1. The fraction of sp³-hybridized carbons (Fsp3) is 0.400. The van der Waals surface area contributed by atoms with Gasteiger partial charge in [-0.3, -0.25) is 28.8 Å². The molecule has 0 radical (unpaired) electrons. The highest BCUT2D eigenvalue weighted by Crippen LogP contribution is 2.23. The molecule has 192 valence electrons. The van der Waals surface area contributed by atoms with Crippen LogP contribution in [0.3, 0.4) is 0 Å².